The predicted molar refractivity (Wildman–Crippen MR) is 123 cm³/mol. The second kappa shape index (κ2) is 10.2. The van der Waals surface area contributed by atoms with Crippen LogP contribution in [0.5, 0.6) is 11.5 Å². The molecular weight excluding hydrogens is 454 g/mol. The molecule has 10 heteroatoms. The van der Waals surface area contributed by atoms with E-state index in [4.69, 9.17) is 21.1 Å². The first-order chi connectivity index (χ1) is 15.3. The third-order valence-electron chi connectivity index (χ3n) is 4.31. The van der Waals surface area contributed by atoms with Crippen LogP contribution in [0.15, 0.2) is 76.7 Å². The highest BCUT2D eigenvalue weighted by Crippen LogP contribution is 2.26. The Labute approximate surface area is 190 Å². The molecule has 0 unspecified atom stereocenters. The van der Waals surface area contributed by atoms with E-state index in [1.54, 1.807) is 25.3 Å². The third-order valence-corrected chi connectivity index (χ3v) is 5.96. The maximum absolute atomic E-state index is 12.4. The minimum Gasteiger partial charge on any atom is -0.493 e. The zero-order valence-electron chi connectivity index (χ0n) is 17.2. The standard InChI is InChI=1S/C22H20ClN3O5S/c1-30-20-12-3-15(13-21(20)31-2)14-24-25-22(27)16-4-8-18(9-5-16)26-32(28,29)19-10-6-17(23)7-11-19/h3-14,26H,1-2H3,(H,25,27)/b24-14+. The number of nitrogens with zero attached hydrogens (tertiary/aromatic N) is 1. The first-order valence-electron chi connectivity index (χ1n) is 9.26. The number of hydrazone groups is 1. The topological polar surface area (TPSA) is 106 Å². The number of benzene rings is 3. The zero-order chi connectivity index (χ0) is 23.1. The van der Waals surface area contributed by atoms with Gasteiger partial charge < -0.3 is 9.47 Å². The lowest BCUT2D eigenvalue weighted by Crippen LogP contribution is -2.18. The summed E-state index contributed by atoms with van der Waals surface area (Å²) in [5.41, 5.74) is 3.74. The second-order valence-electron chi connectivity index (χ2n) is 6.45. The number of carbonyl (C=O) groups is 1. The fourth-order valence-corrected chi connectivity index (χ4v) is 3.87. The van der Waals surface area contributed by atoms with Crippen LogP contribution < -0.4 is 19.6 Å². The van der Waals surface area contributed by atoms with Gasteiger partial charge in [-0.15, -0.1) is 0 Å². The molecule has 0 radical (unpaired) electrons. The SMILES string of the molecule is COc1ccc(/C=N/NC(=O)c2ccc(NS(=O)(=O)c3ccc(Cl)cc3)cc2)cc1OC. The van der Waals surface area contributed by atoms with E-state index < -0.39 is 15.9 Å². The highest BCUT2D eigenvalue weighted by atomic mass is 35.5. The van der Waals surface area contributed by atoms with Crippen LogP contribution in [0.2, 0.25) is 5.02 Å². The molecule has 0 aliphatic carbocycles. The number of ether oxygens (including phenoxy) is 2. The molecule has 0 heterocycles. The van der Waals surface area contributed by atoms with Crippen LogP contribution in [0, 0.1) is 0 Å². The Kier molecular flexibility index (Phi) is 7.34. The van der Waals surface area contributed by atoms with Gasteiger partial charge in [0, 0.05) is 16.3 Å². The number of nitrogens with one attached hydrogen (secondary N) is 2. The van der Waals surface area contributed by atoms with E-state index in [0.717, 1.165) is 0 Å². The lowest BCUT2D eigenvalue weighted by Gasteiger charge is -2.09. The lowest BCUT2D eigenvalue weighted by molar-refractivity contribution is 0.0955. The maximum Gasteiger partial charge on any atom is 0.271 e. The van der Waals surface area contributed by atoms with Crippen molar-refractivity contribution in [3.05, 3.63) is 82.9 Å². The first-order valence-corrected chi connectivity index (χ1v) is 11.1. The fourth-order valence-electron chi connectivity index (χ4n) is 2.68. The summed E-state index contributed by atoms with van der Waals surface area (Å²) in [4.78, 5) is 12.4. The molecular formula is C22H20ClN3O5S. The Balaban J connectivity index is 1.62. The smallest absolute Gasteiger partial charge is 0.271 e. The monoisotopic (exact) mass is 473 g/mol. The van der Waals surface area contributed by atoms with Crippen LogP contribution in [0.3, 0.4) is 0 Å². The van der Waals surface area contributed by atoms with Crippen molar-refractivity contribution >= 4 is 39.4 Å². The van der Waals surface area contributed by atoms with E-state index in [1.165, 1.54) is 61.9 Å². The van der Waals surface area contributed by atoms with Gasteiger partial charge in [0.05, 0.1) is 25.3 Å². The highest BCUT2D eigenvalue weighted by Gasteiger charge is 2.14. The van der Waals surface area contributed by atoms with Gasteiger partial charge in [0.1, 0.15) is 0 Å². The lowest BCUT2D eigenvalue weighted by atomic mass is 10.2. The summed E-state index contributed by atoms with van der Waals surface area (Å²) in [5, 5.41) is 4.37. The number of amides is 1. The molecule has 0 aliphatic heterocycles. The first kappa shape index (κ1) is 23.1. The molecule has 0 bridgehead atoms. The normalized spacial score (nSPS) is 11.2. The molecule has 0 aliphatic rings. The van der Waals surface area contributed by atoms with Crippen LogP contribution in [-0.4, -0.2) is 34.8 Å². The van der Waals surface area contributed by atoms with Gasteiger partial charge in [-0.3, -0.25) is 9.52 Å². The zero-order valence-corrected chi connectivity index (χ0v) is 18.8. The van der Waals surface area contributed by atoms with Crippen molar-refractivity contribution in [2.45, 2.75) is 4.90 Å². The Morgan fingerprint density at radius 3 is 2.22 bits per heavy atom. The third kappa shape index (κ3) is 5.77. The summed E-state index contributed by atoms with van der Waals surface area (Å²) in [5.74, 6) is 0.675. The second-order valence-corrected chi connectivity index (χ2v) is 8.57. The van der Waals surface area contributed by atoms with Crippen molar-refractivity contribution in [2.24, 2.45) is 5.10 Å². The highest BCUT2D eigenvalue weighted by molar-refractivity contribution is 7.92. The molecule has 0 spiro atoms. The van der Waals surface area contributed by atoms with Crippen molar-refractivity contribution in [3.8, 4) is 11.5 Å². The van der Waals surface area contributed by atoms with E-state index in [1.807, 2.05) is 0 Å². The molecule has 0 atom stereocenters. The summed E-state index contributed by atoms with van der Waals surface area (Å²) in [6, 6.07) is 17.0. The van der Waals surface area contributed by atoms with Crippen LogP contribution in [0.1, 0.15) is 15.9 Å². The van der Waals surface area contributed by atoms with Crippen LogP contribution >= 0.6 is 11.6 Å². The Bertz CT molecular complexity index is 1230. The van der Waals surface area contributed by atoms with Crippen molar-refractivity contribution < 1.29 is 22.7 Å². The fraction of sp³-hybridized carbons (Fsp3) is 0.0909. The molecule has 0 fully saturated rings. The molecule has 1 amide bonds. The van der Waals surface area contributed by atoms with Crippen LogP contribution in [0.4, 0.5) is 5.69 Å². The number of halogens is 1. The molecule has 0 saturated carbocycles. The largest absolute Gasteiger partial charge is 0.493 e. The van der Waals surface area contributed by atoms with Gasteiger partial charge in [0.25, 0.3) is 15.9 Å². The van der Waals surface area contributed by atoms with Gasteiger partial charge in [0.15, 0.2) is 11.5 Å². The number of methoxy groups -OCH3 is 2. The molecule has 3 aromatic rings. The van der Waals surface area contributed by atoms with Gasteiger partial charge in [-0.1, -0.05) is 11.6 Å². The summed E-state index contributed by atoms with van der Waals surface area (Å²) in [6.45, 7) is 0. The maximum atomic E-state index is 12.4. The minimum absolute atomic E-state index is 0.0771. The van der Waals surface area contributed by atoms with Gasteiger partial charge in [0.2, 0.25) is 0 Å². The summed E-state index contributed by atoms with van der Waals surface area (Å²) in [6.07, 6.45) is 1.47. The number of hydrogen-bond acceptors (Lipinski definition) is 6. The Morgan fingerprint density at radius 1 is 0.938 bits per heavy atom. The average molecular weight is 474 g/mol. The van der Waals surface area contributed by atoms with Gasteiger partial charge >= 0.3 is 0 Å². The minimum atomic E-state index is -3.77. The van der Waals surface area contributed by atoms with Crippen LogP contribution in [-0.2, 0) is 10.0 Å². The van der Waals surface area contributed by atoms with E-state index in [-0.39, 0.29) is 4.90 Å². The molecule has 2 N–H and O–H groups in total. The van der Waals surface area contributed by atoms with Crippen molar-refractivity contribution in [1.82, 2.24) is 5.43 Å². The Hall–Kier alpha value is -3.56. The molecule has 0 saturated heterocycles. The summed E-state index contributed by atoms with van der Waals surface area (Å²) in [7, 11) is -0.702. The van der Waals surface area contributed by atoms with Gasteiger partial charge in [-0.25, -0.2) is 13.8 Å². The van der Waals surface area contributed by atoms with E-state index >= 15 is 0 Å². The quantitative estimate of drug-likeness (QED) is 0.381. The van der Waals surface area contributed by atoms with Crippen LogP contribution in [0.25, 0.3) is 0 Å². The van der Waals surface area contributed by atoms with Gasteiger partial charge in [-0.05, 0) is 72.3 Å². The molecule has 3 aromatic carbocycles. The number of carbonyl (C=O) groups excluding carboxylic acids is 1. The van der Waals surface area contributed by atoms with E-state index in [9.17, 15) is 13.2 Å². The summed E-state index contributed by atoms with van der Waals surface area (Å²) < 4.78 is 37.7. The molecule has 32 heavy (non-hydrogen) atoms. The molecule has 8 nitrogen and oxygen atoms in total. The van der Waals surface area contributed by atoms with Crippen molar-refractivity contribution in [2.75, 3.05) is 18.9 Å². The summed E-state index contributed by atoms with van der Waals surface area (Å²) >= 11 is 5.79. The Morgan fingerprint density at radius 2 is 1.59 bits per heavy atom. The number of sulfonamides is 1. The van der Waals surface area contributed by atoms with Gasteiger partial charge in [-0.2, -0.15) is 5.10 Å². The molecule has 166 valence electrons. The number of hydrogen-bond donors (Lipinski definition) is 2. The van der Waals surface area contributed by atoms with E-state index in [2.05, 4.69) is 15.2 Å². The number of anilines is 1. The molecule has 3 rings (SSSR count). The van der Waals surface area contributed by atoms with Crippen molar-refractivity contribution in [1.29, 1.82) is 0 Å². The molecule has 0 aromatic heterocycles. The average Bonchev–Trinajstić information content (AvgIpc) is 2.79. The number of rotatable bonds is 8. The van der Waals surface area contributed by atoms with E-state index in [0.29, 0.717) is 33.3 Å². The predicted octanol–water partition coefficient (Wildman–Crippen LogP) is 3.92. The van der Waals surface area contributed by atoms with Crippen molar-refractivity contribution in [3.63, 3.8) is 0 Å².